The Morgan fingerprint density at radius 3 is 1.39 bits per heavy atom. The Morgan fingerprint density at radius 2 is 1.11 bits per heavy atom. The summed E-state index contributed by atoms with van der Waals surface area (Å²) in [6.45, 7) is 16.8. The smallest absolute Gasteiger partial charge is 0.0120 e. The van der Waals surface area contributed by atoms with Gasteiger partial charge in [0.05, 0.1) is 0 Å². The molecule has 0 fully saturated rings. The molecule has 0 radical (unpaired) electrons. The van der Waals surface area contributed by atoms with E-state index in [1.165, 1.54) is 33.0 Å². The molecule has 0 unspecified atom stereocenters. The van der Waals surface area contributed by atoms with Crippen LogP contribution in [0, 0.1) is 13.8 Å². The second-order valence-corrected chi connectivity index (χ2v) is 5.11. The van der Waals surface area contributed by atoms with Gasteiger partial charge in [0, 0.05) is 0 Å². The standard InChI is InChI=1S/C18H20/c1-11(2)17-13(5)15-9-7-8-10-16(15)14(6)18(17)12(3)4/h7-10H,1,3H2,2,4-6H3. The Morgan fingerprint density at radius 1 is 0.778 bits per heavy atom. The van der Waals surface area contributed by atoms with Crippen LogP contribution >= 0.6 is 0 Å². The molecule has 0 aliphatic heterocycles. The average Bonchev–Trinajstić information content (AvgIpc) is 2.32. The number of aryl methyl sites for hydroxylation is 2. The molecule has 18 heavy (non-hydrogen) atoms. The molecule has 0 nitrogen and oxygen atoms in total. The lowest BCUT2D eigenvalue weighted by molar-refractivity contribution is 1.36. The molecule has 0 aliphatic rings. The average molecular weight is 236 g/mol. The zero-order valence-electron chi connectivity index (χ0n) is 11.7. The maximum Gasteiger partial charge on any atom is -0.0120 e. The van der Waals surface area contributed by atoms with Crippen LogP contribution in [0.4, 0.5) is 0 Å². The Bertz CT molecular complexity index is 599. The third-order valence-electron chi connectivity index (χ3n) is 3.59. The first-order chi connectivity index (χ1) is 8.45. The van der Waals surface area contributed by atoms with Crippen LogP contribution in [0.25, 0.3) is 21.9 Å². The fourth-order valence-electron chi connectivity index (χ4n) is 2.85. The summed E-state index contributed by atoms with van der Waals surface area (Å²) in [5, 5.41) is 2.64. The third-order valence-corrected chi connectivity index (χ3v) is 3.59. The molecule has 0 spiro atoms. The van der Waals surface area contributed by atoms with Gasteiger partial charge in [-0.15, -0.1) is 0 Å². The molecule has 2 rings (SSSR count). The molecule has 0 amide bonds. The van der Waals surface area contributed by atoms with Gasteiger partial charge in [0.2, 0.25) is 0 Å². The molecular weight excluding hydrogens is 216 g/mol. The predicted molar refractivity (Wildman–Crippen MR) is 82.8 cm³/mol. The minimum absolute atomic E-state index is 1.11. The lowest BCUT2D eigenvalue weighted by atomic mass is 9.85. The molecule has 2 aromatic rings. The first-order valence-electron chi connectivity index (χ1n) is 6.28. The Balaban J connectivity index is 3.06. The van der Waals surface area contributed by atoms with E-state index in [1.807, 2.05) is 0 Å². The zero-order chi connectivity index (χ0) is 13.4. The van der Waals surface area contributed by atoms with Crippen LogP contribution in [0.3, 0.4) is 0 Å². The molecular formula is C18H20. The Kier molecular flexibility index (Phi) is 3.13. The molecule has 2 aromatic carbocycles. The summed E-state index contributed by atoms with van der Waals surface area (Å²) >= 11 is 0. The third kappa shape index (κ3) is 1.78. The number of allylic oxidation sites excluding steroid dienone is 2. The van der Waals surface area contributed by atoms with Gasteiger partial charge in [0.25, 0.3) is 0 Å². The second kappa shape index (κ2) is 4.45. The number of rotatable bonds is 2. The summed E-state index contributed by atoms with van der Waals surface area (Å²) < 4.78 is 0. The maximum absolute atomic E-state index is 4.14. The van der Waals surface area contributed by atoms with Crippen molar-refractivity contribution in [2.45, 2.75) is 27.7 Å². The van der Waals surface area contributed by atoms with Gasteiger partial charge in [0.15, 0.2) is 0 Å². The first kappa shape index (κ1) is 12.6. The zero-order valence-corrected chi connectivity index (χ0v) is 11.7. The van der Waals surface area contributed by atoms with Gasteiger partial charge in [-0.05, 0) is 60.7 Å². The van der Waals surface area contributed by atoms with Crippen LogP contribution in [-0.2, 0) is 0 Å². The van der Waals surface area contributed by atoms with E-state index >= 15 is 0 Å². The molecule has 0 heteroatoms. The van der Waals surface area contributed by atoms with Gasteiger partial charge in [-0.2, -0.15) is 0 Å². The molecule has 0 heterocycles. The highest BCUT2D eigenvalue weighted by molar-refractivity contribution is 5.97. The molecule has 0 aliphatic carbocycles. The highest BCUT2D eigenvalue weighted by atomic mass is 14.2. The van der Waals surface area contributed by atoms with Crippen molar-refractivity contribution in [3.8, 4) is 0 Å². The minimum atomic E-state index is 1.11. The van der Waals surface area contributed by atoms with Crippen molar-refractivity contribution in [2.24, 2.45) is 0 Å². The predicted octanol–water partition coefficient (Wildman–Crippen LogP) is 5.52. The minimum Gasteiger partial charge on any atom is -0.0955 e. The summed E-state index contributed by atoms with van der Waals surface area (Å²) in [5.74, 6) is 0. The number of hydrogen-bond acceptors (Lipinski definition) is 0. The van der Waals surface area contributed by atoms with E-state index in [4.69, 9.17) is 0 Å². The Hall–Kier alpha value is -1.82. The van der Waals surface area contributed by atoms with Crippen molar-refractivity contribution in [2.75, 3.05) is 0 Å². The molecule has 0 bridgehead atoms. The van der Waals surface area contributed by atoms with E-state index in [1.54, 1.807) is 0 Å². The van der Waals surface area contributed by atoms with Crippen LogP contribution in [0.5, 0.6) is 0 Å². The summed E-state index contributed by atoms with van der Waals surface area (Å²) in [6.07, 6.45) is 0. The highest BCUT2D eigenvalue weighted by Crippen LogP contribution is 2.36. The molecule has 92 valence electrons. The highest BCUT2D eigenvalue weighted by Gasteiger charge is 2.15. The number of hydrogen-bond donors (Lipinski definition) is 0. The molecule has 0 N–H and O–H groups in total. The SMILES string of the molecule is C=C(C)c1c(C(=C)C)c(C)c2ccccc2c1C. The fraction of sp³-hybridized carbons (Fsp3) is 0.222. The van der Waals surface area contributed by atoms with Gasteiger partial charge in [-0.25, -0.2) is 0 Å². The summed E-state index contributed by atoms with van der Waals surface area (Å²) in [7, 11) is 0. The van der Waals surface area contributed by atoms with Gasteiger partial charge in [-0.1, -0.05) is 48.6 Å². The van der Waals surface area contributed by atoms with Crippen LogP contribution in [0.2, 0.25) is 0 Å². The molecule has 0 atom stereocenters. The van der Waals surface area contributed by atoms with Crippen LogP contribution in [0.1, 0.15) is 36.1 Å². The van der Waals surface area contributed by atoms with E-state index in [9.17, 15) is 0 Å². The largest absolute Gasteiger partial charge is 0.0955 e. The van der Waals surface area contributed by atoms with E-state index in [0.717, 1.165) is 11.1 Å². The van der Waals surface area contributed by atoms with Crippen molar-refractivity contribution in [1.29, 1.82) is 0 Å². The number of benzene rings is 2. The van der Waals surface area contributed by atoms with E-state index in [2.05, 4.69) is 65.1 Å². The van der Waals surface area contributed by atoms with Gasteiger partial charge >= 0.3 is 0 Å². The van der Waals surface area contributed by atoms with E-state index in [-0.39, 0.29) is 0 Å². The van der Waals surface area contributed by atoms with Crippen molar-refractivity contribution < 1.29 is 0 Å². The first-order valence-corrected chi connectivity index (χ1v) is 6.28. The van der Waals surface area contributed by atoms with Crippen LogP contribution < -0.4 is 0 Å². The van der Waals surface area contributed by atoms with Crippen molar-refractivity contribution in [3.63, 3.8) is 0 Å². The van der Waals surface area contributed by atoms with Crippen molar-refractivity contribution in [1.82, 2.24) is 0 Å². The van der Waals surface area contributed by atoms with Gasteiger partial charge in [0.1, 0.15) is 0 Å². The van der Waals surface area contributed by atoms with Crippen LogP contribution in [-0.4, -0.2) is 0 Å². The topological polar surface area (TPSA) is 0 Å². The van der Waals surface area contributed by atoms with Crippen molar-refractivity contribution >= 4 is 21.9 Å². The molecule has 0 aromatic heterocycles. The summed E-state index contributed by atoms with van der Waals surface area (Å²) in [6, 6.07) is 8.56. The fourth-order valence-corrected chi connectivity index (χ4v) is 2.85. The lowest BCUT2D eigenvalue weighted by Gasteiger charge is -2.19. The molecule has 0 saturated heterocycles. The number of fused-ring (bicyclic) bond motifs is 1. The lowest BCUT2D eigenvalue weighted by Crippen LogP contribution is -1.98. The summed E-state index contributed by atoms with van der Waals surface area (Å²) in [5.41, 5.74) is 7.36. The van der Waals surface area contributed by atoms with E-state index in [0.29, 0.717) is 0 Å². The second-order valence-electron chi connectivity index (χ2n) is 5.11. The summed E-state index contributed by atoms with van der Waals surface area (Å²) in [4.78, 5) is 0. The van der Waals surface area contributed by atoms with Gasteiger partial charge < -0.3 is 0 Å². The van der Waals surface area contributed by atoms with Gasteiger partial charge in [-0.3, -0.25) is 0 Å². The monoisotopic (exact) mass is 236 g/mol. The van der Waals surface area contributed by atoms with E-state index < -0.39 is 0 Å². The molecule has 0 saturated carbocycles. The van der Waals surface area contributed by atoms with Crippen molar-refractivity contribution in [3.05, 3.63) is 59.7 Å². The Labute approximate surface area is 110 Å². The maximum atomic E-state index is 4.14. The quantitative estimate of drug-likeness (QED) is 0.643. The van der Waals surface area contributed by atoms with Crippen LogP contribution in [0.15, 0.2) is 37.4 Å². The normalized spacial score (nSPS) is 10.7.